The highest BCUT2D eigenvalue weighted by molar-refractivity contribution is 6.32. The van der Waals surface area contributed by atoms with Crippen molar-refractivity contribution in [1.29, 1.82) is 0 Å². The van der Waals surface area contributed by atoms with Crippen LogP contribution in [0.5, 0.6) is 0 Å². The van der Waals surface area contributed by atoms with Crippen LogP contribution in [0.15, 0.2) is 36.5 Å². The summed E-state index contributed by atoms with van der Waals surface area (Å²) in [5.74, 6) is -0.251. The molecule has 2 aromatic rings. The minimum Gasteiger partial charge on any atom is -0.395 e. The number of nitrogens with one attached hydrogen (secondary N) is 1. The van der Waals surface area contributed by atoms with Crippen molar-refractivity contribution in [1.82, 2.24) is 4.98 Å². The van der Waals surface area contributed by atoms with E-state index in [2.05, 4.69) is 10.3 Å². The molecule has 0 unspecified atom stereocenters. The number of nitrogens with zero attached hydrogens (tertiary/aromatic N) is 1. The molecule has 0 bridgehead atoms. The fraction of sp³-hybridized carbons (Fsp3) is 0.0833. The second kappa shape index (κ2) is 5.01. The molecule has 0 aliphatic rings. The molecule has 3 nitrogen and oxygen atoms in total. The monoisotopic (exact) mass is 251 g/mol. The molecule has 0 spiro atoms. The maximum Gasteiger partial charge on any atom is 0.153 e. The number of halogens is 2. The van der Waals surface area contributed by atoms with Gasteiger partial charge in [0.05, 0.1) is 11.4 Å². The third-order valence-corrected chi connectivity index (χ3v) is 2.67. The van der Waals surface area contributed by atoms with Crippen LogP contribution in [0.2, 0.25) is 5.15 Å². The van der Waals surface area contributed by atoms with Gasteiger partial charge in [0.25, 0.3) is 0 Å². The summed E-state index contributed by atoms with van der Waals surface area (Å²) in [5, 5.41) is 3.26. The Hall–Kier alpha value is -1.81. The van der Waals surface area contributed by atoms with Crippen LogP contribution in [0.4, 0.5) is 15.8 Å². The Morgan fingerprint density at radius 1 is 1.29 bits per heavy atom. The molecule has 0 fully saturated rings. The van der Waals surface area contributed by atoms with Crippen molar-refractivity contribution >= 4 is 23.0 Å². The summed E-state index contributed by atoms with van der Waals surface area (Å²) in [7, 11) is 0. The summed E-state index contributed by atoms with van der Waals surface area (Å²) >= 11 is 5.78. The highest BCUT2D eigenvalue weighted by Gasteiger charge is 2.05. The zero-order valence-electron chi connectivity index (χ0n) is 8.95. The second-order valence-corrected chi connectivity index (χ2v) is 3.87. The molecule has 88 valence electrons. The Morgan fingerprint density at radius 2 is 2.06 bits per heavy atom. The van der Waals surface area contributed by atoms with Crippen LogP contribution < -0.4 is 11.1 Å². The van der Waals surface area contributed by atoms with E-state index in [4.69, 9.17) is 17.3 Å². The van der Waals surface area contributed by atoms with Gasteiger partial charge in [-0.1, -0.05) is 29.8 Å². The topological polar surface area (TPSA) is 50.9 Å². The smallest absolute Gasteiger partial charge is 0.153 e. The highest BCUT2D eigenvalue weighted by atomic mass is 35.5. The van der Waals surface area contributed by atoms with E-state index in [1.165, 1.54) is 6.07 Å². The van der Waals surface area contributed by atoms with Crippen LogP contribution in [0.25, 0.3) is 0 Å². The van der Waals surface area contributed by atoms with Gasteiger partial charge >= 0.3 is 0 Å². The first-order chi connectivity index (χ1) is 8.18. The lowest BCUT2D eigenvalue weighted by atomic mass is 10.2. The zero-order valence-corrected chi connectivity index (χ0v) is 9.71. The van der Waals surface area contributed by atoms with Crippen molar-refractivity contribution in [3.05, 3.63) is 53.1 Å². The molecule has 17 heavy (non-hydrogen) atoms. The van der Waals surface area contributed by atoms with E-state index >= 15 is 0 Å². The van der Waals surface area contributed by atoms with E-state index in [9.17, 15) is 4.39 Å². The van der Waals surface area contributed by atoms with Crippen molar-refractivity contribution in [2.24, 2.45) is 0 Å². The Kier molecular flexibility index (Phi) is 3.44. The fourth-order valence-corrected chi connectivity index (χ4v) is 1.59. The average molecular weight is 252 g/mol. The number of pyridine rings is 1. The van der Waals surface area contributed by atoms with Crippen molar-refractivity contribution < 1.29 is 4.39 Å². The third-order valence-electron chi connectivity index (χ3n) is 2.37. The van der Waals surface area contributed by atoms with E-state index in [0.29, 0.717) is 23.5 Å². The molecule has 0 aliphatic carbocycles. The zero-order chi connectivity index (χ0) is 12.3. The number of hydrogen-bond acceptors (Lipinski definition) is 3. The van der Waals surface area contributed by atoms with E-state index in [1.54, 1.807) is 30.5 Å². The summed E-state index contributed by atoms with van der Waals surface area (Å²) in [6.07, 6.45) is 1.54. The highest BCUT2D eigenvalue weighted by Crippen LogP contribution is 2.24. The molecule has 0 atom stereocenters. The first-order valence-corrected chi connectivity index (χ1v) is 5.43. The number of nitrogen functional groups attached to an aromatic ring is 1. The average Bonchev–Trinajstić information content (AvgIpc) is 2.33. The number of aromatic nitrogens is 1. The Labute approximate surface area is 103 Å². The lowest BCUT2D eigenvalue weighted by Gasteiger charge is -2.10. The number of nitrogens with two attached hydrogens (primary N) is 1. The van der Waals surface area contributed by atoms with Crippen LogP contribution >= 0.6 is 11.6 Å². The van der Waals surface area contributed by atoms with Crippen molar-refractivity contribution in [3.8, 4) is 0 Å². The van der Waals surface area contributed by atoms with E-state index in [1.807, 2.05) is 0 Å². The molecule has 0 amide bonds. The summed E-state index contributed by atoms with van der Waals surface area (Å²) in [4.78, 5) is 3.84. The van der Waals surface area contributed by atoms with Crippen molar-refractivity contribution in [2.45, 2.75) is 6.54 Å². The van der Waals surface area contributed by atoms with Gasteiger partial charge in [0.2, 0.25) is 0 Å². The molecule has 1 aromatic carbocycles. The predicted molar refractivity (Wildman–Crippen MR) is 67.4 cm³/mol. The second-order valence-electron chi connectivity index (χ2n) is 3.51. The number of hydrogen-bond donors (Lipinski definition) is 2. The normalized spacial score (nSPS) is 10.2. The molecule has 3 N–H and O–H groups in total. The molecule has 5 heteroatoms. The van der Waals surface area contributed by atoms with E-state index in [-0.39, 0.29) is 11.0 Å². The van der Waals surface area contributed by atoms with Crippen LogP contribution in [-0.4, -0.2) is 4.98 Å². The van der Waals surface area contributed by atoms with Gasteiger partial charge in [0.15, 0.2) is 5.15 Å². The molecule has 0 radical (unpaired) electrons. The van der Waals surface area contributed by atoms with Gasteiger partial charge in [-0.3, -0.25) is 0 Å². The summed E-state index contributed by atoms with van der Waals surface area (Å²) in [6, 6.07) is 8.25. The number of anilines is 2. The maximum absolute atomic E-state index is 13.4. The van der Waals surface area contributed by atoms with Crippen molar-refractivity contribution in [2.75, 3.05) is 11.1 Å². The largest absolute Gasteiger partial charge is 0.395 e. The molecule has 1 aromatic heterocycles. The summed E-state index contributed by atoms with van der Waals surface area (Å²) in [6.45, 7) is 0.344. The third kappa shape index (κ3) is 2.65. The van der Waals surface area contributed by atoms with E-state index < -0.39 is 0 Å². The van der Waals surface area contributed by atoms with Gasteiger partial charge in [-0.25, -0.2) is 9.37 Å². The van der Waals surface area contributed by atoms with Crippen LogP contribution in [0.3, 0.4) is 0 Å². The summed E-state index contributed by atoms with van der Waals surface area (Å²) < 4.78 is 13.4. The number of benzene rings is 1. The fourth-order valence-electron chi connectivity index (χ4n) is 1.43. The van der Waals surface area contributed by atoms with Gasteiger partial charge in [-0.05, 0) is 12.1 Å². The molecular formula is C12H11ClFN3. The summed E-state index contributed by atoms with van der Waals surface area (Å²) in [5.41, 5.74) is 7.32. The van der Waals surface area contributed by atoms with Crippen LogP contribution in [0, 0.1) is 5.82 Å². The van der Waals surface area contributed by atoms with E-state index in [0.717, 1.165) is 0 Å². The van der Waals surface area contributed by atoms with Crippen LogP contribution in [-0.2, 0) is 6.54 Å². The van der Waals surface area contributed by atoms with Gasteiger partial charge < -0.3 is 11.1 Å². The van der Waals surface area contributed by atoms with Gasteiger partial charge in [-0.2, -0.15) is 0 Å². The quantitative estimate of drug-likeness (QED) is 0.825. The van der Waals surface area contributed by atoms with Crippen LogP contribution in [0.1, 0.15) is 5.56 Å². The molecule has 2 rings (SSSR count). The maximum atomic E-state index is 13.4. The first-order valence-electron chi connectivity index (χ1n) is 5.05. The Morgan fingerprint density at radius 3 is 2.82 bits per heavy atom. The first kappa shape index (κ1) is 11.7. The van der Waals surface area contributed by atoms with Crippen molar-refractivity contribution in [3.63, 3.8) is 0 Å². The molecule has 1 heterocycles. The number of rotatable bonds is 3. The standard InChI is InChI=1S/C12H11ClFN3/c13-12-11(15)10(5-6-16-12)17-7-8-3-1-2-4-9(8)14/h1-6H,7,15H2,(H,16,17). The molecular weight excluding hydrogens is 241 g/mol. The van der Waals surface area contributed by atoms with Gasteiger partial charge in [0.1, 0.15) is 5.82 Å². The lowest BCUT2D eigenvalue weighted by molar-refractivity contribution is 0.613. The van der Waals surface area contributed by atoms with Gasteiger partial charge in [-0.15, -0.1) is 0 Å². The minimum atomic E-state index is -0.251. The molecule has 0 aliphatic heterocycles. The molecule has 0 saturated carbocycles. The SMILES string of the molecule is Nc1c(NCc2ccccc2F)ccnc1Cl. The minimum absolute atomic E-state index is 0.239. The lowest BCUT2D eigenvalue weighted by Crippen LogP contribution is -2.04. The van der Waals surface area contributed by atoms with Gasteiger partial charge in [0, 0.05) is 18.3 Å². The predicted octanol–water partition coefficient (Wildman–Crippen LogP) is 3.07. The Bertz CT molecular complexity index is 531. The Balaban J connectivity index is 2.13. The molecule has 0 saturated heterocycles.